The van der Waals surface area contributed by atoms with Crippen LogP contribution in [0, 0.1) is 5.82 Å². The first kappa shape index (κ1) is 18.6. The molecule has 7 nitrogen and oxygen atoms in total. The number of imidazole rings is 1. The zero-order valence-corrected chi connectivity index (χ0v) is 16.4. The minimum Gasteiger partial charge on any atom is -0.378 e. The van der Waals surface area contributed by atoms with Crippen molar-refractivity contribution in [1.29, 1.82) is 0 Å². The summed E-state index contributed by atoms with van der Waals surface area (Å²) in [7, 11) is 0. The van der Waals surface area contributed by atoms with Gasteiger partial charge in [0.2, 0.25) is 0 Å². The van der Waals surface area contributed by atoms with Crippen molar-refractivity contribution in [1.82, 2.24) is 24.3 Å². The third kappa shape index (κ3) is 4.13. The number of hydrogen-bond acceptors (Lipinski definition) is 6. The number of rotatable bonds is 5. The van der Waals surface area contributed by atoms with Crippen molar-refractivity contribution in [3.05, 3.63) is 83.7 Å². The maximum absolute atomic E-state index is 13.6. The van der Waals surface area contributed by atoms with Gasteiger partial charge in [0.05, 0.1) is 25.1 Å². The Bertz CT molecular complexity index is 1170. The normalized spacial score (nSPS) is 14.4. The molecule has 152 valence electrons. The summed E-state index contributed by atoms with van der Waals surface area (Å²) in [5.41, 5.74) is 3.69. The van der Waals surface area contributed by atoms with Crippen LogP contribution in [0.4, 0.5) is 10.2 Å². The van der Waals surface area contributed by atoms with E-state index in [9.17, 15) is 4.39 Å². The molecule has 0 unspecified atom stereocenters. The van der Waals surface area contributed by atoms with Crippen molar-refractivity contribution < 1.29 is 9.13 Å². The lowest BCUT2D eigenvalue weighted by atomic mass is 10.1. The predicted molar refractivity (Wildman–Crippen MR) is 110 cm³/mol. The molecule has 5 heterocycles. The van der Waals surface area contributed by atoms with Gasteiger partial charge in [0.25, 0.3) is 0 Å². The number of fused-ring (bicyclic) bond motifs is 1. The van der Waals surface area contributed by atoms with Crippen molar-refractivity contribution in [2.75, 3.05) is 31.2 Å². The van der Waals surface area contributed by atoms with Gasteiger partial charge in [-0.2, -0.15) is 0 Å². The largest absolute Gasteiger partial charge is 0.378 e. The molecule has 1 fully saturated rings. The van der Waals surface area contributed by atoms with Gasteiger partial charge in [0, 0.05) is 56.8 Å². The van der Waals surface area contributed by atoms with Crippen LogP contribution in [0.25, 0.3) is 5.65 Å². The quantitative estimate of drug-likeness (QED) is 0.510. The van der Waals surface area contributed by atoms with E-state index in [2.05, 4.69) is 27.0 Å². The van der Waals surface area contributed by atoms with Gasteiger partial charge in [-0.15, -0.1) is 0 Å². The van der Waals surface area contributed by atoms with Gasteiger partial charge < -0.3 is 14.0 Å². The third-order valence-electron chi connectivity index (χ3n) is 5.12. The summed E-state index contributed by atoms with van der Waals surface area (Å²) in [5, 5.41) is 0. The van der Waals surface area contributed by atoms with Crippen LogP contribution in [-0.4, -0.2) is 50.6 Å². The van der Waals surface area contributed by atoms with Gasteiger partial charge >= 0.3 is 0 Å². The average Bonchev–Trinajstić information content (AvgIpc) is 3.22. The van der Waals surface area contributed by atoms with Gasteiger partial charge in [0.15, 0.2) is 0 Å². The topological polar surface area (TPSA) is 68.4 Å². The first-order chi connectivity index (χ1) is 14.7. The molecular weight excluding hydrogens is 383 g/mol. The SMILES string of the molecule is Fc1cncc(Cc2nc(Cc3ccn4ccnc4c3)cc(N3CCOCC3)n2)c1. The molecule has 0 atom stereocenters. The Morgan fingerprint density at radius 2 is 1.87 bits per heavy atom. The van der Waals surface area contributed by atoms with E-state index >= 15 is 0 Å². The summed E-state index contributed by atoms with van der Waals surface area (Å²) in [6.45, 7) is 2.94. The molecular formula is C22H21FN6O. The standard InChI is InChI=1S/C22H21FN6O/c23-18-9-17(14-24-15-18)11-20-26-19(13-22(27-20)29-5-7-30-8-6-29)10-16-1-3-28-4-2-25-21(28)12-16/h1-4,9,12-15H,5-8,10-11H2. The molecule has 1 aliphatic heterocycles. The van der Waals surface area contributed by atoms with Crippen LogP contribution in [0.3, 0.4) is 0 Å². The summed E-state index contributed by atoms with van der Waals surface area (Å²) in [4.78, 5) is 20.0. The minimum atomic E-state index is -0.356. The van der Waals surface area contributed by atoms with E-state index in [-0.39, 0.29) is 5.82 Å². The van der Waals surface area contributed by atoms with Crippen LogP contribution < -0.4 is 4.90 Å². The second kappa shape index (κ2) is 8.16. The minimum absolute atomic E-state index is 0.356. The molecule has 4 aromatic heterocycles. The van der Waals surface area contributed by atoms with Crippen molar-refractivity contribution in [3.63, 3.8) is 0 Å². The number of aromatic nitrogens is 5. The summed E-state index contributed by atoms with van der Waals surface area (Å²) in [5.74, 6) is 1.18. The fraction of sp³-hybridized carbons (Fsp3) is 0.273. The van der Waals surface area contributed by atoms with Crippen molar-refractivity contribution in [3.8, 4) is 0 Å². The molecule has 30 heavy (non-hydrogen) atoms. The van der Waals surface area contributed by atoms with E-state index in [4.69, 9.17) is 14.7 Å². The van der Waals surface area contributed by atoms with Gasteiger partial charge in [0.1, 0.15) is 23.1 Å². The first-order valence-electron chi connectivity index (χ1n) is 9.93. The smallest absolute Gasteiger partial charge is 0.141 e. The molecule has 4 aromatic rings. The third-order valence-corrected chi connectivity index (χ3v) is 5.12. The second-order valence-corrected chi connectivity index (χ2v) is 7.33. The lowest BCUT2D eigenvalue weighted by Gasteiger charge is -2.28. The lowest BCUT2D eigenvalue weighted by molar-refractivity contribution is 0.122. The Kier molecular flexibility index (Phi) is 5.06. The molecule has 0 radical (unpaired) electrons. The fourth-order valence-electron chi connectivity index (χ4n) is 3.67. The van der Waals surface area contributed by atoms with Crippen LogP contribution in [-0.2, 0) is 17.6 Å². The molecule has 1 saturated heterocycles. The van der Waals surface area contributed by atoms with E-state index in [1.807, 2.05) is 22.9 Å². The molecule has 0 saturated carbocycles. The number of pyridine rings is 2. The summed E-state index contributed by atoms with van der Waals surface area (Å²) in [6, 6.07) is 7.64. The Morgan fingerprint density at radius 1 is 0.967 bits per heavy atom. The van der Waals surface area contributed by atoms with Gasteiger partial charge in [-0.1, -0.05) is 0 Å². The summed E-state index contributed by atoms with van der Waals surface area (Å²) in [6.07, 6.45) is 9.65. The van der Waals surface area contributed by atoms with Crippen LogP contribution >= 0.6 is 0 Å². The number of hydrogen-bond donors (Lipinski definition) is 0. The Morgan fingerprint density at radius 3 is 2.73 bits per heavy atom. The molecule has 5 rings (SSSR count). The molecule has 0 bridgehead atoms. The molecule has 0 aliphatic carbocycles. The highest BCUT2D eigenvalue weighted by Crippen LogP contribution is 2.19. The molecule has 0 amide bonds. The molecule has 0 aromatic carbocycles. The number of halogens is 1. The summed E-state index contributed by atoms with van der Waals surface area (Å²) >= 11 is 0. The van der Waals surface area contributed by atoms with Crippen LogP contribution in [0.1, 0.15) is 22.6 Å². The highest BCUT2D eigenvalue weighted by atomic mass is 19.1. The molecule has 0 N–H and O–H groups in total. The fourth-order valence-corrected chi connectivity index (χ4v) is 3.67. The number of ether oxygens (including phenoxy) is 1. The highest BCUT2D eigenvalue weighted by molar-refractivity contribution is 5.45. The Balaban J connectivity index is 1.47. The zero-order chi connectivity index (χ0) is 20.3. The maximum Gasteiger partial charge on any atom is 0.141 e. The number of anilines is 1. The average molecular weight is 404 g/mol. The van der Waals surface area contributed by atoms with Crippen molar-refractivity contribution >= 4 is 11.5 Å². The molecule has 8 heteroatoms. The number of morpholine rings is 1. The monoisotopic (exact) mass is 404 g/mol. The van der Waals surface area contributed by atoms with E-state index in [1.165, 1.54) is 12.3 Å². The first-order valence-corrected chi connectivity index (χ1v) is 9.93. The lowest BCUT2D eigenvalue weighted by Crippen LogP contribution is -2.37. The Labute approximate surface area is 173 Å². The van der Waals surface area contributed by atoms with E-state index in [0.29, 0.717) is 31.9 Å². The highest BCUT2D eigenvalue weighted by Gasteiger charge is 2.16. The van der Waals surface area contributed by atoms with E-state index in [0.717, 1.165) is 41.4 Å². The van der Waals surface area contributed by atoms with Gasteiger partial charge in [-0.25, -0.2) is 19.3 Å². The molecule has 0 spiro atoms. The van der Waals surface area contributed by atoms with E-state index in [1.54, 1.807) is 12.4 Å². The Hall–Kier alpha value is -3.39. The number of nitrogens with zero attached hydrogens (tertiary/aromatic N) is 6. The van der Waals surface area contributed by atoms with Crippen LogP contribution in [0.2, 0.25) is 0 Å². The van der Waals surface area contributed by atoms with Gasteiger partial charge in [-0.05, 0) is 29.3 Å². The van der Waals surface area contributed by atoms with Crippen molar-refractivity contribution in [2.45, 2.75) is 12.8 Å². The van der Waals surface area contributed by atoms with Gasteiger partial charge in [-0.3, -0.25) is 4.98 Å². The molecule has 1 aliphatic rings. The predicted octanol–water partition coefficient (Wildman–Crippen LogP) is 2.68. The van der Waals surface area contributed by atoms with Crippen LogP contribution in [0.5, 0.6) is 0 Å². The van der Waals surface area contributed by atoms with Crippen molar-refractivity contribution in [2.24, 2.45) is 0 Å². The second-order valence-electron chi connectivity index (χ2n) is 7.33. The maximum atomic E-state index is 13.6. The van der Waals surface area contributed by atoms with Crippen LogP contribution in [0.15, 0.2) is 55.2 Å². The van der Waals surface area contributed by atoms with E-state index < -0.39 is 0 Å². The zero-order valence-electron chi connectivity index (χ0n) is 16.4. The summed E-state index contributed by atoms with van der Waals surface area (Å²) < 4.78 is 21.0.